The van der Waals surface area contributed by atoms with Crippen molar-refractivity contribution in [3.8, 4) is 0 Å². The van der Waals surface area contributed by atoms with Gasteiger partial charge in [0.05, 0.1) is 0 Å². The molecule has 0 saturated heterocycles. The highest BCUT2D eigenvalue weighted by molar-refractivity contribution is 5.86. The quantitative estimate of drug-likeness (QED) is 0.895. The van der Waals surface area contributed by atoms with Crippen LogP contribution in [0.25, 0.3) is 0 Å². The number of hydrogen-bond donors (Lipinski definition) is 1. The fraction of sp³-hybridized carbons (Fsp3) is 0.125. The van der Waals surface area contributed by atoms with Gasteiger partial charge in [-0.1, -0.05) is 55.5 Å². The van der Waals surface area contributed by atoms with Crippen molar-refractivity contribution in [2.24, 2.45) is 0 Å². The van der Waals surface area contributed by atoms with Gasteiger partial charge in [-0.2, -0.15) is 0 Å². The number of hydrogen-bond acceptors (Lipinski definition) is 2. The lowest BCUT2D eigenvalue weighted by Crippen LogP contribution is -2.14. The summed E-state index contributed by atoms with van der Waals surface area (Å²) in [7, 11) is 0. The molecule has 2 aromatic carbocycles. The predicted molar refractivity (Wildman–Crippen MR) is 75.8 cm³/mol. The molecule has 97 valence electrons. The van der Waals surface area contributed by atoms with Crippen LogP contribution in [0.15, 0.2) is 54.6 Å². The van der Waals surface area contributed by atoms with Crippen LogP contribution in [0.3, 0.4) is 0 Å². The number of rotatable bonds is 4. The molecule has 1 amide bonds. The average molecular weight is 254 g/mol. The van der Waals surface area contributed by atoms with E-state index < -0.39 is 6.09 Å². The topological polar surface area (TPSA) is 38.3 Å². The molecule has 3 nitrogen and oxygen atoms in total. The summed E-state index contributed by atoms with van der Waals surface area (Å²) in [5.41, 5.74) is 2.69. The van der Waals surface area contributed by atoms with E-state index in [9.17, 15) is 4.79 Å². The molecule has 19 heavy (non-hydrogen) atoms. The van der Waals surface area contributed by atoms with Crippen LogP contribution >= 0.6 is 0 Å². The highest BCUT2D eigenvalue weighted by Gasteiger charge is 2.06. The van der Waals surface area contributed by atoms with E-state index in [1.54, 1.807) is 0 Å². The van der Waals surface area contributed by atoms with Gasteiger partial charge in [0.15, 0.2) is 0 Å². The number of benzene rings is 2. The van der Waals surface area contributed by atoms with Crippen LogP contribution in [0.5, 0.6) is 0 Å². The molecule has 0 spiro atoms. The third-order valence-corrected chi connectivity index (χ3v) is 2.72. The van der Waals surface area contributed by atoms with Crippen molar-refractivity contribution < 1.29 is 9.53 Å². The molecule has 0 bridgehead atoms. The number of carbonyl (C=O) groups is 1. The minimum Gasteiger partial charge on any atom is -0.444 e. The Morgan fingerprint density at radius 1 is 1.11 bits per heavy atom. The summed E-state index contributed by atoms with van der Waals surface area (Å²) in [4.78, 5) is 11.7. The van der Waals surface area contributed by atoms with Crippen molar-refractivity contribution in [2.45, 2.75) is 13.5 Å². The molecule has 1 N–H and O–H groups in total. The largest absolute Gasteiger partial charge is 0.444 e. The molecular formula is C16H16NO2. The van der Waals surface area contributed by atoms with Gasteiger partial charge >= 0.3 is 6.09 Å². The zero-order valence-corrected chi connectivity index (χ0v) is 10.8. The molecule has 0 atom stereocenters. The Bertz CT molecular complexity index is 537. The Morgan fingerprint density at radius 3 is 2.53 bits per heavy atom. The van der Waals surface area contributed by atoms with E-state index in [0.717, 1.165) is 16.8 Å². The molecule has 0 aliphatic rings. The van der Waals surface area contributed by atoms with Gasteiger partial charge in [-0.3, -0.25) is 5.32 Å². The third-order valence-electron chi connectivity index (χ3n) is 2.72. The second-order valence-electron chi connectivity index (χ2n) is 4.06. The number of nitrogens with one attached hydrogen (secondary N) is 1. The maximum atomic E-state index is 11.7. The molecule has 2 aromatic rings. The molecule has 2 rings (SSSR count). The van der Waals surface area contributed by atoms with Gasteiger partial charge in [-0.15, -0.1) is 0 Å². The van der Waals surface area contributed by atoms with E-state index in [4.69, 9.17) is 4.74 Å². The van der Waals surface area contributed by atoms with Crippen LogP contribution in [-0.2, 0) is 11.3 Å². The Morgan fingerprint density at radius 2 is 1.79 bits per heavy atom. The summed E-state index contributed by atoms with van der Waals surface area (Å²) in [5, 5.41) is 2.74. The van der Waals surface area contributed by atoms with E-state index in [2.05, 4.69) is 5.32 Å². The number of para-hydroxylation sites is 1. The molecule has 0 fully saturated rings. The summed E-state index contributed by atoms with van der Waals surface area (Å²) in [5.74, 6) is 0. The van der Waals surface area contributed by atoms with Crippen molar-refractivity contribution in [2.75, 3.05) is 5.32 Å². The zero-order chi connectivity index (χ0) is 13.5. The Kier molecular flexibility index (Phi) is 4.56. The van der Waals surface area contributed by atoms with Gasteiger partial charge in [0, 0.05) is 5.69 Å². The Hall–Kier alpha value is -2.29. The van der Waals surface area contributed by atoms with E-state index in [-0.39, 0.29) is 6.61 Å². The first kappa shape index (κ1) is 13.1. The minimum absolute atomic E-state index is 0.269. The van der Waals surface area contributed by atoms with Gasteiger partial charge in [0.2, 0.25) is 0 Å². The molecule has 0 aromatic heterocycles. The molecule has 0 unspecified atom stereocenters. The van der Waals surface area contributed by atoms with Crippen LogP contribution in [0.4, 0.5) is 10.5 Å². The van der Waals surface area contributed by atoms with E-state index in [1.165, 1.54) is 0 Å². The van der Waals surface area contributed by atoms with Gasteiger partial charge in [0.25, 0.3) is 0 Å². The minimum atomic E-state index is -0.446. The molecule has 0 heterocycles. The normalized spacial score (nSPS) is 9.95. The van der Waals surface area contributed by atoms with Crippen LogP contribution < -0.4 is 5.32 Å². The summed E-state index contributed by atoms with van der Waals surface area (Å²) < 4.78 is 5.17. The molecular weight excluding hydrogens is 238 g/mol. The molecule has 0 aliphatic heterocycles. The first-order chi connectivity index (χ1) is 9.29. The maximum absolute atomic E-state index is 11.7. The summed E-state index contributed by atoms with van der Waals surface area (Å²) in [6.45, 7) is 2.19. The van der Waals surface area contributed by atoms with Crippen LogP contribution in [-0.4, -0.2) is 6.09 Å². The van der Waals surface area contributed by atoms with E-state index >= 15 is 0 Å². The monoisotopic (exact) mass is 254 g/mol. The second-order valence-corrected chi connectivity index (χ2v) is 4.06. The maximum Gasteiger partial charge on any atom is 0.411 e. The van der Waals surface area contributed by atoms with Crippen LogP contribution in [0.2, 0.25) is 0 Å². The first-order valence-corrected chi connectivity index (χ1v) is 6.15. The van der Waals surface area contributed by atoms with Crippen molar-refractivity contribution in [3.63, 3.8) is 0 Å². The molecule has 0 aliphatic carbocycles. The fourth-order valence-electron chi connectivity index (χ4n) is 1.73. The van der Waals surface area contributed by atoms with Gasteiger partial charge < -0.3 is 4.74 Å². The Balaban J connectivity index is 1.91. The smallest absolute Gasteiger partial charge is 0.411 e. The number of carbonyl (C=O) groups excluding carboxylic acids is 1. The highest BCUT2D eigenvalue weighted by atomic mass is 16.5. The lowest BCUT2D eigenvalue weighted by Gasteiger charge is -2.10. The van der Waals surface area contributed by atoms with Gasteiger partial charge in [-0.05, 0) is 23.6 Å². The van der Waals surface area contributed by atoms with Crippen molar-refractivity contribution in [1.82, 2.24) is 0 Å². The molecule has 1 radical (unpaired) electrons. The predicted octanol–water partition coefficient (Wildman–Crippen LogP) is 4.01. The second kappa shape index (κ2) is 6.59. The van der Waals surface area contributed by atoms with Crippen LogP contribution in [0.1, 0.15) is 18.1 Å². The lowest BCUT2D eigenvalue weighted by atomic mass is 10.1. The van der Waals surface area contributed by atoms with E-state index in [0.29, 0.717) is 0 Å². The van der Waals surface area contributed by atoms with Crippen molar-refractivity contribution in [1.29, 1.82) is 0 Å². The fourth-order valence-corrected chi connectivity index (χ4v) is 1.73. The number of anilines is 1. The SMILES string of the molecule is C[CH]c1ccccc1NC(=O)OCc1ccccc1. The van der Waals surface area contributed by atoms with Crippen molar-refractivity contribution in [3.05, 3.63) is 72.1 Å². The lowest BCUT2D eigenvalue weighted by molar-refractivity contribution is 0.155. The summed E-state index contributed by atoms with van der Waals surface area (Å²) in [6.07, 6.45) is 1.49. The van der Waals surface area contributed by atoms with Crippen LogP contribution in [0, 0.1) is 6.42 Å². The molecule has 3 heteroatoms. The zero-order valence-electron chi connectivity index (χ0n) is 10.8. The Labute approximate surface area is 113 Å². The van der Waals surface area contributed by atoms with E-state index in [1.807, 2.05) is 67.9 Å². The highest BCUT2D eigenvalue weighted by Crippen LogP contribution is 2.16. The molecule has 0 saturated carbocycles. The summed E-state index contributed by atoms with van der Waals surface area (Å²) in [6, 6.07) is 17.2. The number of amides is 1. The van der Waals surface area contributed by atoms with Crippen molar-refractivity contribution >= 4 is 11.8 Å². The average Bonchev–Trinajstić information content (AvgIpc) is 2.47. The summed E-state index contributed by atoms with van der Waals surface area (Å²) >= 11 is 0. The van der Waals surface area contributed by atoms with Gasteiger partial charge in [0.1, 0.15) is 6.61 Å². The third kappa shape index (κ3) is 3.85. The number of ether oxygens (including phenoxy) is 1. The first-order valence-electron chi connectivity index (χ1n) is 6.15. The standard InChI is InChI=1S/C16H16NO2/c1-2-14-10-6-7-11-15(14)17-16(18)19-12-13-8-4-3-5-9-13/h2-11H,12H2,1H3,(H,17,18). The van der Waals surface area contributed by atoms with Gasteiger partial charge in [-0.25, -0.2) is 4.79 Å².